The van der Waals surface area contributed by atoms with Crippen molar-refractivity contribution in [3.63, 3.8) is 0 Å². The lowest BCUT2D eigenvalue weighted by molar-refractivity contribution is 0.500. The van der Waals surface area contributed by atoms with Crippen LogP contribution in [-0.4, -0.2) is 30.5 Å². The quantitative estimate of drug-likeness (QED) is 0.299. The number of aliphatic imine (C=N–C) groups is 1. The van der Waals surface area contributed by atoms with Crippen LogP contribution in [0.3, 0.4) is 0 Å². The van der Waals surface area contributed by atoms with Gasteiger partial charge in [-0.2, -0.15) is 4.68 Å². The molecule has 4 aromatic rings. The summed E-state index contributed by atoms with van der Waals surface area (Å²) in [6.45, 7) is 1.51. The molecule has 0 radical (unpaired) electrons. The van der Waals surface area contributed by atoms with Gasteiger partial charge in [-0.3, -0.25) is 4.79 Å². The molecule has 0 bridgehead atoms. The van der Waals surface area contributed by atoms with Crippen molar-refractivity contribution in [2.45, 2.75) is 31.7 Å². The first-order valence-electron chi connectivity index (χ1n) is 12.0. The van der Waals surface area contributed by atoms with Crippen LogP contribution in [0.1, 0.15) is 41.6 Å². The Morgan fingerprint density at radius 3 is 2.66 bits per heavy atom. The molecule has 3 unspecified atom stereocenters. The molecule has 2 aromatic heterocycles. The zero-order valence-electron chi connectivity index (χ0n) is 19.9. The highest BCUT2D eigenvalue weighted by molar-refractivity contribution is 6.35. The summed E-state index contributed by atoms with van der Waals surface area (Å²) in [5, 5.41) is 12.1. The Kier molecular flexibility index (Phi) is 5.18. The van der Waals surface area contributed by atoms with Gasteiger partial charge in [0.05, 0.1) is 11.7 Å². The molecule has 7 rings (SSSR count). The molecule has 0 N–H and O–H groups in total. The molecule has 1 saturated carbocycles. The Balaban J connectivity index is 1.27. The number of nitrogens with zero attached hydrogens (tertiary/aromatic N) is 6. The highest BCUT2D eigenvalue weighted by Gasteiger charge is 2.55. The number of allylic oxidation sites excluding steroid dienone is 1. The molecule has 11 heteroatoms. The lowest BCUT2D eigenvalue weighted by Gasteiger charge is -2.20. The van der Waals surface area contributed by atoms with Crippen LogP contribution in [0.2, 0.25) is 5.02 Å². The fourth-order valence-corrected chi connectivity index (χ4v) is 6.23. The van der Waals surface area contributed by atoms with E-state index in [2.05, 4.69) is 20.5 Å². The predicted octanol–water partition coefficient (Wildman–Crippen LogP) is 5.84. The smallest absolute Gasteiger partial charge is 0.251 e. The molecule has 3 atom stereocenters. The van der Waals surface area contributed by atoms with Gasteiger partial charge in [-0.25, -0.2) is 13.8 Å². The molecule has 1 fully saturated rings. The monoisotopic (exact) mass is 550 g/mol. The van der Waals surface area contributed by atoms with E-state index in [-0.39, 0.29) is 46.1 Å². The topological polar surface area (TPSA) is 78.0 Å². The Morgan fingerprint density at radius 2 is 1.87 bits per heavy atom. The SMILES string of the molecule is Cc1ccc(C2=C(Cl)N=C(C3C4CC4c4cc(-c5cc(Cl)ccc5-n5cnnn5)cc(=O)n43)C2)c(F)c1F. The van der Waals surface area contributed by atoms with E-state index in [1.54, 1.807) is 28.8 Å². The zero-order chi connectivity index (χ0) is 26.3. The van der Waals surface area contributed by atoms with Gasteiger partial charge in [0, 0.05) is 51.5 Å². The molecule has 7 nitrogen and oxygen atoms in total. The number of hydrogen-bond donors (Lipinski definition) is 0. The third-order valence-corrected chi connectivity index (χ3v) is 8.21. The molecule has 4 heterocycles. The normalized spacial score (nSPS) is 21.5. The van der Waals surface area contributed by atoms with Gasteiger partial charge in [-0.1, -0.05) is 35.3 Å². The van der Waals surface area contributed by atoms with Gasteiger partial charge in [-0.15, -0.1) is 5.10 Å². The van der Waals surface area contributed by atoms with Crippen LogP contribution in [0.25, 0.3) is 22.4 Å². The van der Waals surface area contributed by atoms with Crippen LogP contribution in [0.15, 0.2) is 63.7 Å². The number of halogens is 4. The largest absolute Gasteiger partial charge is 0.303 e. The van der Waals surface area contributed by atoms with Crippen molar-refractivity contribution in [1.82, 2.24) is 24.8 Å². The molecule has 0 amide bonds. The van der Waals surface area contributed by atoms with E-state index >= 15 is 0 Å². The van der Waals surface area contributed by atoms with Gasteiger partial charge < -0.3 is 4.57 Å². The van der Waals surface area contributed by atoms with Gasteiger partial charge in [0.25, 0.3) is 5.56 Å². The lowest BCUT2D eigenvalue weighted by atomic mass is 9.96. The fraction of sp³-hybridized carbons (Fsp3) is 0.222. The molecular formula is C27H18Cl2F2N6O. The minimum absolute atomic E-state index is 0.0983. The summed E-state index contributed by atoms with van der Waals surface area (Å²) in [7, 11) is 0. The van der Waals surface area contributed by atoms with Gasteiger partial charge in [0.15, 0.2) is 11.6 Å². The second kappa shape index (κ2) is 8.41. The Labute approximate surface area is 225 Å². The first-order valence-corrected chi connectivity index (χ1v) is 12.8. The summed E-state index contributed by atoms with van der Waals surface area (Å²) in [4.78, 5) is 18.1. The Morgan fingerprint density at radius 1 is 1.03 bits per heavy atom. The molecular weight excluding hydrogens is 533 g/mol. The summed E-state index contributed by atoms with van der Waals surface area (Å²) in [6.07, 6.45) is 2.63. The second-order valence-electron chi connectivity index (χ2n) is 9.85. The Hall–Kier alpha value is -3.69. The number of hydrogen-bond acceptors (Lipinski definition) is 5. The molecule has 38 heavy (non-hydrogen) atoms. The van der Waals surface area contributed by atoms with Crippen molar-refractivity contribution in [2.75, 3.05) is 0 Å². The van der Waals surface area contributed by atoms with Crippen molar-refractivity contribution in [1.29, 1.82) is 0 Å². The molecule has 190 valence electrons. The molecule has 3 aliphatic rings. The third-order valence-electron chi connectivity index (χ3n) is 7.66. The average molecular weight is 551 g/mol. The second-order valence-corrected chi connectivity index (χ2v) is 10.6. The average Bonchev–Trinajstić information content (AvgIpc) is 3.20. The van der Waals surface area contributed by atoms with Crippen LogP contribution >= 0.6 is 23.2 Å². The maximum absolute atomic E-state index is 14.8. The summed E-state index contributed by atoms with van der Waals surface area (Å²) < 4.78 is 32.3. The first kappa shape index (κ1) is 23.4. The number of aromatic nitrogens is 5. The van der Waals surface area contributed by atoms with E-state index in [0.717, 1.165) is 17.7 Å². The van der Waals surface area contributed by atoms with E-state index < -0.39 is 11.6 Å². The first-order chi connectivity index (χ1) is 18.3. The number of fused-ring (bicyclic) bond motifs is 3. The van der Waals surface area contributed by atoms with Crippen molar-refractivity contribution < 1.29 is 8.78 Å². The zero-order valence-corrected chi connectivity index (χ0v) is 21.4. The highest BCUT2D eigenvalue weighted by Crippen LogP contribution is 2.60. The van der Waals surface area contributed by atoms with Gasteiger partial charge in [0.2, 0.25) is 0 Å². The van der Waals surface area contributed by atoms with E-state index in [4.69, 9.17) is 23.2 Å². The van der Waals surface area contributed by atoms with E-state index in [0.29, 0.717) is 27.6 Å². The molecule has 0 saturated heterocycles. The lowest BCUT2D eigenvalue weighted by Crippen LogP contribution is -2.29. The van der Waals surface area contributed by atoms with Crippen LogP contribution in [0.5, 0.6) is 0 Å². The number of rotatable bonds is 4. The van der Waals surface area contributed by atoms with Gasteiger partial charge >= 0.3 is 0 Å². The van der Waals surface area contributed by atoms with E-state index in [1.807, 2.05) is 6.07 Å². The van der Waals surface area contributed by atoms with E-state index in [9.17, 15) is 13.6 Å². The summed E-state index contributed by atoms with van der Waals surface area (Å²) >= 11 is 12.8. The van der Waals surface area contributed by atoms with Crippen molar-refractivity contribution in [2.24, 2.45) is 10.9 Å². The number of pyridine rings is 1. The summed E-state index contributed by atoms with van der Waals surface area (Å²) in [6, 6.07) is 11.7. The minimum atomic E-state index is -0.938. The fourth-order valence-electron chi connectivity index (χ4n) is 5.78. The molecule has 1 aliphatic carbocycles. The number of aryl methyl sites for hydroxylation is 1. The van der Waals surface area contributed by atoms with Crippen LogP contribution in [0, 0.1) is 24.5 Å². The predicted molar refractivity (Wildman–Crippen MR) is 140 cm³/mol. The minimum Gasteiger partial charge on any atom is -0.303 e. The van der Waals surface area contributed by atoms with Crippen LogP contribution < -0.4 is 5.56 Å². The maximum atomic E-state index is 14.8. The third kappa shape index (κ3) is 3.49. The van der Waals surface area contributed by atoms with Crippen molar-refractivity contribution in [3.05, 3.63) is 97.8 Å². The van der Waals surface area contributed by atoms with E-state index in [1.165, 1.54) is 30.1 Å². The van der Waals surface area contributed by atoms with Gasteiger partial charge in [0.1, 0.15) is 11.5 Å². The van der Waals surface area contributed by atoms with Crippen LogP contribution in [0.4, 0.5) is 8.78 Å². The van der Waals surface area contributed by atoms with Crippen molar-refractivity contribution in [3.8, 4) is 16.8 Å². The standard InChI is InChI=1S/C27H18Cl2F2N6O/c1-12-2-4-15(25(31)24(12)30)19-10-20(33-27(19)29)26-18-9-17(18)22-6-13(7-23(38)37(22)26)16-8-14(28)3-5-21(16)36-11-32-34-35-36/h2-8,11,17-18,26H,9-10H2,1H3. The molecule has 0 spiro atoms. The van der Waals surface area contributed by atoms with Crippen LogP contribution in [-0.2, 0) is 0 Å². The summed E-state index contributed by atoms with van der Waals surface area (Å²) in [5.74, 6) is -1.44. The van der Waals surface area contributed by atoms with Crippen molar-refractivity contribution >= 4 is 34.5 Å². The maximum Gasteiger partial charge on any atom is 0.251 e. The van der Waals surface area contributed by atoms with Gasteiger partial charge in [-0.05, 0) is 65.1 Å². The molecule has 2 aliphatic heterocycles. The summed E-state index contributed by atoms with van der Waals surface area (Å²) in [5.41, 5.74) is 4.29. The number of benzene rings is 2. The highest BCUT2D eigenvalue weighted by atomic mass is 35.5. The Bertz CT molecular complexity index is 1780. The number of tetrazole rings is 1. The molecule has 2 aromatic carbocycles.